The Kier molecular flexibility index (Phi) is 17.6. The van der Waals surface area contributed by atoms with Crippen LogP contribution in [0.3, 0.4) is 0 Å². The van der Waals surface area contributed by atoms with Gasteiger partial charge in [-0.25, -0.2) is 0 Å². The second-order valence-electron chi connectivity index (χ2n) is 19.8. The molecule has 4 aromatic heterocycles. The van der Waals surface area contributed by atoms with E-state index in [0.29, 0.717) is 23.7 Å². The van der Waals surface area contributed by atoms with E-state index in [1.165, 1.54) is 44.1 Å². The van der Waals surface area contributed by atoms with Crippen LogP contribution in [0.5, 0.6) is 0 Å². The van der Waals surface area contributed by atoms with E-state index >= 15 is 0 Å². The quantitative estimate of drug-likeness (QED) is 0.121. The maximum Gasteiger partial charge on any atom is 0.145 e. The van der Waals surface area contributed by atoms with Gasteiger partial charge in [-0.15, -0.1) is 0 Å². The van der Waals surface area contributed by atoms with E-state index in [1.54, 1.807) is 0 Å². The molecule has 4 nitrogen and oxygen atoms in total. The van der Waals surface area contributed by atoms with Gasteiger partial charge in [-0.3, -0.25) is 15.0 Å². The summed E-state index contributed by atoms with van der Waals surface area (Å²) in [5.74, 6) is 2.41. The molecule has 0 aliphatic heterocycles. The molecule has 6 heteroatoms. The molecule has 0 aliphatic rings. The van der Waals surface area contributed by atoms with Gasteiger partial charge in [-0.2, -0.15) is 0 Å². The number of pyridine rings is 3. The molecule has 1 radical (unpaired) electrons. The molecule has 0 amide bonds. The molecule has 0 bridgehead atoms. The Labute approximate surface area is 414 Å². The number of nitrogens with zero attached hydrogens (tertiary/aromatic N) is 3. The van der Waals surface area contributed by atoms with Crippen molar-refractivity contribution in [1.29, 1.82) is 0 Å². The molecule has 0 aliphatic carbocycles. The summed E-state index contributed by atoms with van der Waals surface area (Å²) in [6.45, 7) is 23.0. The summed E-state index contributed by atoms with van der Waals surface area (Å²) >= 11 is 0. The Morgan fingerprint density at radius 2 is 1.04 bits per heavy atom. The smallest absolute Gasteiger partial charge is 0.145 e. The minimum atomic E-state index is -1.33. The Hall–Kier alpha value is -5.78. The van der Waals surface area contributed by atoms with E-state index in [2.05, 4.69) is 201 Å². The van der Waals surface area contributed by atoms with Crippen LogP contribution >= 0.6 is 0 Å². The van der Waals surface area contributed by atoms with E-state index in [0.717, 1.165) is 57.4 Å². The van der Waals surface area contributed by atoms with E-state index < -0.39 is 8.07 Å². The van der Waals surface area contributed by atoms with Crippen molar-refractivity contribution in [2.24, 2.45) is 17.8 Å². The van der Waals surface area contributed by atoms with Gasteiger partial charge < -0.3 is 4.42 Å². The summed E-state index contributed by atoms with van der Waals surface area (Å²) in [7, 11) is -1.33. The maximum absolute atomic E-state index is 6.41. The molecule has 5 aromatic carbocycles. The second kappa shape index (κ2) is 23.3. The summed E-state index contributed by atoms with van der Waals surface area (Å²) < 4.78 is 6.41. The molecule has 0 saturated carbocycles. The average molecular weight is 1080 g/mol. The standard InChI is InChI=1S/C28H25NO.C18H25NSi.C15H17N.Ir/c1-18(2)19(3)21-15-16-29-25(17-21)23-14-13-22(20-9-5-4-6-10-20)27-24-11-7-8-12-26(24)30-28(23)27;1-14(2)11-16-12-17(15-9-7-6-8-10-15)19-13-18(16)20(3,4)5;1-12(2)10-13-8-9-16-15(11-13)14-6-4-3-5-7-14;/h4-19H,1-3H3;6-10,12-14H,11H2,1-5H3;3-9,11-12H,10H2,1-2H3;. The van der Waals surface area contributed by atoms with Gasteiger partial charge in [0.05, 0.1) is 25.2 Å². The third-order valence-electron chi connectivity index (χ3n) is 12.2. The predicted molar refractivity (Wildman–Crippen MR) is 285 cm³/mol. The van der Waals surface area contributed by atoms with Gasteiger partial charge in [0.1, 0.15) is 11.2 Å². The first kappa shape index (κ1) is 50.6. The van der Waals surface area contributed by atoms with Crippen LogP contribution in [0.2, 0.25) is 19.6 Å². The van der Waals surface area contributed by atoms with E-state index in [4.69, 9.17) is 14.4 Å². The van der Waals surface area contributed by atoms with Crippen LogP contribution in [0.4, 0.5) is 0 Å². The number of para-hydroxylation sites is 1. The Balaban J connectivity index is 0.000000175. The summed E-state index contributed by atoms with van der Waals surface area (Å²) in [4.78, 5) is 13.8. The SMILES string of the molecule is CC(C)C(C)c1ccnc(-c2ccc(-c3ccccc3)c3c2oc2ccccc23)c1.CC(C)Cc1cc(-c2ccccc2)ncc1[Si](C)(C)C.CC(C)Cc1ccnc(-c2ccccc2)c1.[Ir]. The normalized spacial score (nSPS) is 11.8. The molecule has 1 unspecified atom stereocenters. The summed E-state index contributed by atoms with van der Waals surface area (Å²) in [6.07, 6.45) is 8.21. The number of fused-ring (bicyclic) bond motifs is 3. The van der Waals surface area contributed by atoms with Crippen molar-refractivity contribution in [3.63, 3.8) is 0 Å². The first-order valence-corrected chi connectivity index (χ1v) is 27.3. The molecule has 67 heavy (non-hydrogen) atoms. The van der Waals surface area contributed by atoms with E-state index in [9.17, 15) is 0 Å². The zero-order valence-corrected chi connectivity index (χ0v) is 44.4. The zero-order valence-electron chi connectivity index (χ0n) is 41.0. The third kappa shape index (κ3) is 13.0. The molecule has 345 valence electrons. The van der Waals surface area contributed by atoms with E-state index in [-0.39, 0.29) is 20.1 Å². The van der Waals surface area contributed by atoms with Gasteiger partial charge in [0.25, 0.3) is 0 Å². The predicted octanol–water partition coefficient (Wildman–Crippen LogP) is 16.5. The molecule has 1 atom stereocenters. The Morgan fingerprint density at radius 1 is 0.507 bits per heavy atom. The fourth-order valence-corrected chi connectivity index (χ4v) is 10.1. The fraction of sp³-hybridized carbons (Fsp3) is 0.262. The first-order valence-electron chi connectivity index (χ1n) is 23.8. The van der Waals surface area contributed by atoms with Crippen LogP contribution in [-0.4, -0.2) is 23.0 Å². The topological polar surface area (TPSA) is 51.8 Å². The van der Waals surface area contributed by atoms with Crippen molar-refractivity contribution in [2.45, 2.75) is 86.9 Å². The molecule has 9 aromatic rings. The van der Waals surface area contributed by atoms with Crippen LogP contribution in [0, 0.1) is 17.8 Å². The van der Waals surface area contributed by atoms with Gasteiger partial charge in [-0.05, 0) is 112 Å². The number of benzene rings is 5. The van der Waals surface area contributed by atoms with Crippen LogP contribution < -0.4 is 5.19 Å². The zero-order chi connectivity index (χ0) is 46.8. The van der Waals surface area contributed by atoms with Crippen molar-refractivity contribution < 1.29 is 24.5 Å². The average Bonchev–Trinajstić information content (AvgIpc) is 3.71. The van der Waals surface area contributed by atoms with Crippen molar-refractivity contribution >= 4 is 35.2 Å². The molecular weight excluding hydrogens is 1010 g/mol. The number of furan rings is 1. The molecule has 0 spiro atoms. The van der Waals surface area contributed by atoms with Gasteiger partial charge in [-0.1, -0.05) is 183 Å². The second-order valence-corrected chi connectivity index (χ2v) is 24.8. The molecule has 9 rings (SSSR count). The molecule has 0 N–H and O–H groups in total. The van der Waals surface area contributed by atoms with E-state index in [1.807, 2.05) is 48.8 Å². The Morgan fingerprint density at radius 3 is 1.64 bits per heavy atom. The minimum absolute atomic E-state index is 0. The summed E-state index contributed by atoms with van der Waals surface area (Å²) in [6, 6.07) is 54.9. The van der Waals surface area contributed by atoms with Crippen molar-refractivity contribution in [3.8, 4) is 44.9 Å². The monoisotopic (exact) mass is 1080 g/mol. The molecule has 0 saturated heterocycles. The van der Waals surface area contributed by atoms with Crippen LogP contribution in [-0.2, 0) is 32.9 Å². The van der Waals surface area contributed by atoms with Gasteiger partial charge in [0, 0.05) is 66.2 Å². The minimum Gasteiger partial charge on any atom is -0.455 e. The maximum atomic E-state index is 6.41. The van der Waals surface area contributed by atoms with Crippen LogP contribution in [0.1, 0.15) is 71.1 Å². The summed E-state index contributed by atoms with van der Waals surface area (Å²) in [5.41, 5.74) is 14.9. The third-order valence-corrected chi connectivity index (χ3v) is 14.3. The van der Waals surface area contributed by atoms with Crippen molar-refractivity contribution in [1.82, 2.24) is 15.0 Å². The van der Waals surface area contributed by atoms with Crippen molar-refractivity contribution in [2.75, 3.05) is 0 Å². The number of hydrogen-bond acceptors (Lipinski definition) is 4. The largest absolute Gasteiger partial charge is 0.455 e. The number of hydrogen-bond donors (Lipinski definition) is 0. The summed E-state index contributed by atoms with van der Waals surface area (Å²) in [5, 5.41) is 3.80. The van der Waals surface area contributed by atoms with Gasteiger partial charge in [0.15, 0.2) is 0 Å². The molecule has 4 heterocycles. The van der Waals surface area contributed by atoms with Gasteiger partial charge in [0.2, 0.25) is 0 Å². The van der Waals surface area contributed by atoms with Crippen LogP contribution in [0.25, 0.3) is 66.8 Å². The Bertz CT molecular complexity index is 2960. The number of rotatable bonds is 11. The van der Waals surface area contributed by atoms with Gasteiger partial charge >= 0.3 is 0 Å². The number of aromatic nitrogens is 3. The molecule has 0 fully saturated rings. The fourth-order valence-electron chi connectivity index (χ4n) is 8.54. The van der Waals surface area contributed by atoms with Crippen molar-refractivity contribution in [3.05, 3.63) is 193 Å². The molecular formula is C61H67IrN3OSi. The first-order chi connectivity index (χ1) is 31.8. The van der Waals surface area contributed by atoms with Crippen LogP contribution in [0.15, 0.2) is 181 Å².